The summed E-state index contributed by atoms with van der Waals surface area (Å²) in [4.78, 5) is 2.27. The van der Waals surface area contributed by atoms with Crippen LogP contribution in [-0.2, 0) is 4.74 Å². The Kier molecular flexibility index (Phi) is 5.30. The molecule has 0 aromatic heterocycles. The predicted octanol–water partition coefficient (Wildman–Crippen LogP) is 2.64. The highest BCUT2D eigenvalue weighted by Crippen LogP contribution is 2.28. The van der Waals surface area contributed by atoms with E-state index in [0.717, 1.165) is 6.54 Å². The SMILES string of the molecule is CNC(c1c(F)ccc(C)c1F)C1CN(C(C)C)CCO1. The number of rotatable bonds is 4. The highest BCUT2D eigenvalue weighted by atomic mass is 19.1. The van der Waals surface area contributed by atoms with Gasteiger partial charge in [-0.05, 0) is 39.4 Å². The first kappa shape index (κ1) is 16.3. The van der Waals surface area contributed by atoms with E-state index in [1.54, 1.807) is 14.0 Å². The van der Waals surface area contributed by atoms with Gasteiger partial charge in [0.1, 0.15) is 11.6 Å². The molecule has 2 rings (SSSR count). The number of hydrogen-bond donors (Lipinski definition) is 1. The molecule has 1 heterocycles. The van der Waals surface area contributed by atoms with Gasteiger partial charge in [0.2, 0.25) is 0 Å². The Morgan fingerprint density at radius 2 is 2.05 bits per heavy atom. The molecule has 0 bridgehead atoms. The summed E-state index contributed by atoms with van der Waals surface area (Å²) >= 11 is 0. The van der Waals surface area contributed by atoms with Crippen molar-refractivity contribution in [3.63, 3.8) is 0 Å². The monoisotopic (exact) mass is 298 g/mol. The summed E-state index contributed by atoms with van der Waals surface area (Å²) in [6.07, 6.45) is -0.267. The summed E-state index contributed by atoms with van der Waals surface area (Å²) in [5, 5.41) is 3.02. The Morgan fingerprint density at radius 3 is 2.67 bits per heavy atom. The highest BCUT2D eigenvalue weighted by molar-refractivity contribution is 5.30. The quantitative estimate of drug-likeness (QED) is 0.925. The van der Waals surface area contributed by atoms with Crippen molar-refractivity contribution in [2.24, 2.45) is 0 Å². The fourth-order valence-electron chi connectivity index (χ4n) is 2.85. The summed E-state index contributed by atoms with van der Waals surface area (Å²) in [6.45, 7) is 7.97. The average molecular weight is 298 g/mol. The molecule has 1 aromatic rings. The molecule has 0 spiro atoms. The van der Waals surface area contributed by atoms with E-state index in [1.807, 2.05) is 0 Å². The van der Waals surface area contributed by atoms with Crippen LogP contribution in [0.15, 0.2) is 12.1 Å². The molecule has 0 saturated carbocycles. The first-order valence-electron chi connectivity index (χ1n) is 7.43. The zero-order chi connectivity index (χ0) is 15.6. The molecule has 1 fully saturated rings. The van der Waals surface area contributed by atoms with Crippen LogP contribution in [0.3, 0.4) is 0 Å². The van der Waals surface area contributed by atoms with Gasteiger partial charge in [-0.2, -0.15) is 0 Å². The maximum Gasteiger partial charge on any atom is 0.133 e. The van der Waals surface area contributed by atoms with Gasteiger partial charge in [-0.3, -0.25) is 4.90 Å². The second-order valence-corrected chi connectivity index (χ2v) is 5.86. The number of nitrogens with zero attached hydrogens (tertiary/aromatic N) is 1. The van der Waals surface area contributed by atoms with E-state index in [9.17, 15) is 8.78 Å². The lowest BCUT2D eigenvalue weighted by atomic mass is 9.96. The van der Waals surface area contributed by atoms with E-state index < -0.39 is 17.7 Å². The normalized spacial score (nSPS) is 21.8. The molecule has 1 aromatic carbocycles. The zero-order valence-electron chi connectivity index (χ0n) is 13.1. The topological polar surface area (TPSA) is 24.5 Å². The number of hydrogen-bond acceptors (Lipinski definition) is 3. The first-order valence-corrected chi connectivity index (χ1v) is 7.43. The second kappa shape index (κ2) is 6.81. The van der Waals surface area contributed by atoms with Crippen molar-refractivity contribution in [1.82, 2.24) is 10.2 Å². The van der Waals surface area contributed by atoms with E-state index in [0.29, 0.717) is 24.8 Å². The zero-order valence-corrected chi connectivity index (χ0v) is 13.1. The molecule has 5 heteroatoms. The molecule has 2 atom stereocenters. The van der Waals surface area contributed by atoms with E-state index in [-0.39, 0.29) is 11.7 Å². The minimum Gasteiger partial charge on any atom is -0.374 e. The van der Waals surface area contributed by atoms with E-state index in [2.05, 4.69) is 24.1 Å². The lowest BCUT2D eigenvalue weighted by molar-refractivity contribution is -0.0560. The summed E-state index contributed by atoms with van der Waals surface area (Å²) in [7, 11) is 1.71. The molecule has 1 aliphatic heterocycles. The summed E-state index contributed by atoms with van der Waals surface area (Å²) in [5.74, 6) is -1.01. The Hall–Kier alpha value is -1.04. The van der Waals surface area contributed by atoms with Crippen molar-refractivity contribution in [2.45, 2.75) is 39.0 Å². The lowest BCUT2D eigenvalue weighted by Crippen LogP contribution is -2.50. The van der Waals surface area contributed by atoms with Crippen LogP contribution in [0, 0.1) is 18.6 Å². The number of likely N-dealkylation sites (N-methyl/N-ethyl adjacent to an activating group) is 1. The maximum absolute atomic E-state index is 14.4. The smallest absolute Gasteiger partial charge is 0.133 e. The molecule has 21 heavy (non-hydrogen) atoms. The summed E-state index contributed by atoms with van der Waals surface area (Å²) < 4.78 is 34.3. The van der Waals surface area contributed by atoms with Crippen LogP contribution < -0.4 is 5.32 Å². The van der Waals surface area contributed by atoms with Crippen LogP contribution in [0.1, 0.15) is 31.0 Å². The van der Waals surface area contributed by atoms with Crippen molar-refractivity contribution in [3.8, 4) is 0 Å². The molecular formula is C16H24F2N2O. The first-order chi connectivity index (χ1) is 9.95. The fourth-order valence-corrected chi connectivity index (χ4v) is 2.85. The van der Waals surface area contributed by atoms with Gasteiger partial charge in [-0.25, -0.2) is 8.78 Å². The fraction of sp³-hybridized carbons (Fsp3) is 0.625. The van der Waals surface area contributed by atoms with Crippen LogP contribution in [0.5, 0.6) is 0 Å². The van der Waals surface area contributed by atoms with Crippen LogP contribution >= 0.6 is 0 Å². The number of benzene rings is 1. The Morgan fingerprint density at radius 1 is 1.33 bits per heavy atom. The van der Waals surface area contributed by atoms with Gasteiger partial charge in [-0.1, -0.05) is 6.07 Å². The minimum absolute atomic E-state index is 0.0770. The molecule has 2 unspecified atom stereocenters. The number of morpholine rings is 1. The average Bonchev–Trinajstić information content (AvgIpc) is 2.47. The van der Waals surface area contributed by atoms with Gasteiger partial charge in [0, 0.05) is 24.7 Å². The predicted molar refractivity (Wildman–Crippen MR) is 79.3 cm³/mol. The van der Waals surface area contributed by atoms with Crippen LogP contribution in [0.4, 0.5) is 8.78 Å². The largest absolute Gasteiger partial charge is 0.374 e. The van der Waals surface area contributed by atoms with Gasteiger partial charge in [0.05, 0.1) is 18.8 Å². The molecule has 1 aliphatic rings. The van der Waals surface area contributed by atoms with Crippen molar-refractivity contribution in [2.75, 3.05) is 26.7 Å². The summed E-state index contributed by atoms with van der Waals surface area (Å²) in [5.41, 5.74) is 0.524. The third-order valence-corrected chi connectivity index (χ3v) is 4.17. The number of nitrogens with one attached hydrogen (secondary N) is 1. The van der Waals surface area contributed by atoms with Crippen LogP contribution in [0.25, 0.3) is 0 Å². The molecule has 0 radical (unpaired) electrons. The lowest BCUT2D eigenvalue weighted by Gasteiger charge is -2.39. The van der Waals surface area contributed by atoms with Gasteiger partial charge in [0.25, 0.3) is 0 Å². The molecule has 1 N–H and O–H groups in total. The van der Waals surface area contributed by atoms with Crippen molar-refractivity contribution >= 4 is 0 Å². The Labute approximate surface area is 125 Å². The van der Waals surface area contributed by atoms with Crippen LogP contribution in [0.2, 0.25) is 0 Å². The minimum atomic E-state index is -0.525. The number of halogens is 2. The van der Waals surface area contributed by atoms with Crippen molar-refractivity contribution < 1.29 is 13.5 Å². The second-order valence-electron chi connectivity index (χ2n) is 5.86. The Balaban J connectivity index is 2.30. The molecule has 0 aliphatic carbocycles. The highest BCUT2D eigenvalue weighted by Gasteiger charge is 2.33. The molecule has 1 saturated heterocycles. The van der Waals surface area contributed by atoms with Crippen molar-refractivity contribution in [3.05, 3.63) is 34.9 Å². The van der Waals surface area contributed by atoms with Gasteiger partial charge < -0.3 is 10.1 Å². The van der Waals surface area contributed by atoms with Gasteiger partial charge in [0.15, 0.2) is 0 Å². The third kappa shape index (κ3) is 3.42. The van der Waals surface area contributed by atoms with Crippen molar-refractivity contribution in [1.29, 1.82) is 0 Å². The summed E-state index contributed by atoms with van der Waals surface area (Å²) in [6, 6.07) is 2.68. The van der Waals surface area contributed by atoms with E-state index >= 15 is 0 Å². The standard InChI is InChI=1S/C16H24F2N2O/c1-10(2)20-7-8-21-13(9-20)16(19-4)14-12(17)6-5-11(3)15(14)18/h5-6,10,13,16,19H,7-9H2,1-4H3. The molecule has 118 valence electrons. The maximum atomic E-state index is 14.4. The number of ether oxygens (including phenoxy) is 1. The molecular weight excluding hydrogens is 274 g/mol. The van der Waals surface area contributed by atoms with Gasteiger partial charge >= 0.3 is 0 Å². The van der Waals surface area contributed by atoms with Gasteiger partial charge in [-0.15, -0.1) is 0 Å². The molecule has 3 nitrogen and oxygen atoms in total. The number of aryl methyl sites for hydroxylation is 1. The Bertz CT molecular complexity index is 493. The van der Waals surface area contributed by atoms with E-state index in [4.69, 9.17) is 4.74 Å². The van der Waals surface area contributed by atoms with Crippen LogP contribution in [-0.4, -0.2) is 43.8 Å². The van der Waals surface area contributed by atoms with E-state index in [1.165, 1.54) is 12.1 Å². The third-order valence-electron chi connectivity index (χ3n) is 4.17. The molecule has 0 amide bonds.